The number of aryl methyl sites for hydroxylation is 1. The Hall–Kier alpha value is -2.78. The number of rotatable bonds is 9. The van der Waals surface area contributed by atoms with E-state index in [-0.39, 0.29) is 42.4 Å². The van der Waals surface area contributed by atoms with Crippen LogP contribution in [0.15, 0.2) is 47.4 Å². The highest BCUT2D eigenvalue weighted by Crippen LogP contribution is 2.14. The highest BCUT2D eigenvalue weighted by atomic mass is 32.2. The molecule has 2 aromatic carbocycles. The minimum absolute atomic E-state index is 0.00475. The van der Waals surface area contributed by atoms with Crippen LogP contribution in [-0.2, 0) is 19.6 Å². The maximum atomic E-state index is 13.5. The van der Waals surface area contributed by atoms with Crippen LogP contribution in [0.4, 0.5) is 10.1 Å². The minimum atomic E-state index is -3.77. The molecule has 1 amide bonds. The van der Waals surface area contributed by atoms with Gasteiger partial charge in [-0.3, -0.25) is 4.79 Å². The van der Waals surface area contributed by atoms with Gasteiger partial charge in [0.1, 0.15) is 5.82 Å². The number of amides is 1. The van der Waals surface area contributed by atoms with E-state index >= 15 is 0 Å². The second-order valence-corrected chi connectivity index (χ2v) is 8.03. The summed E-state index contributed by atoms with van der Waals surface area (Å²) in [4.78, 5) is 23.5. The van der Waals surface area contributed by atoms with Crippen molar-refractivity contribution in [3.63, 3.8) is 0 Å². The molecule has 0 saturated carbocycles. The molecule has 2 aromatic rings. The van der Waals surface area contributed by atoms with E-state index in [0.29, 0.717) is 11.3 Å². The van der Waals surface area contributed by atoms with E-state index in [4.69, 9.17) is 4.74 Å². The van der Waals surface area contributed by atoms with E-state index in [1.807, 2.05) is 0 Å². The van der Waals surface area contributed by atoms with Crippen LogP contribution in [0, 0.1) is 12.7 Å². The van der Waals surface area contributed by atoms with Crippen LogP contribution in [0.25, 0.3) is 0 Å². The molecule has 0 fully saturated rings. The van der Waals surface area contributed by atoms with E-state index in [0.717, 1.165) is 0 Å². The molecule has 7 nitrogen and oxygen atoms in total. The third-order valence-corrected chi connectivity index (χ3v) is 5.48. The Morgan fingerprint density at radius 3 is 2.41 bits per heavy atom. The number of benzene rings is 2. The van der Waals surface area contributed by atoms with Gasteiger partial charge in [-0.25, -0.2) is 22.3 Å². The Bertz CT molecular complexity index is 975. The predicted octanol–water partition coefficient (Wildman–Crippen LogP) is 3.01. The molecule has 0 radical (unpaired) electrons. The molecule has 156 valence electrons. The van der Waals surface area contributed by atoms with E-state index in [9.17, 15) is 22.4 Å². The number of nitrogens with one attached hydrogen (secondary N) is 2. The van der Waals surface area contributed by atoms with Crippen molar-refractivity contribution in [2.75, 3.05) is 18.5 Å². The summed E-state index contributed by atoms with van der Waals surface area (Å²) in [5.41, 5.74) is 1.09. The van der Waals surface area contributed by atoms with Gasteiger partial charge in [0.2, 0.25) is 15.9 Å². The third kappa shape index (κ3) is 6.65. The number of halogens is 1. The summed E-state index contributed by atoms with van der Waals surface area (Å²) in [6, 6.07) is 9.77. The fraction of sp³-hybridized carbons (Fsp3) is 0.300. The number of sulfonamides is 1. The molecule has 9 heteroatoms. The number of anilines is 1. The number of esters is 1. The Kier molecular flexibility index (Phi) is 7.86. The molecule has 0 atom stereocenters. The molecule has 2 rings (SSSR count). The number of hydrogen-bond donors (Lipinski definition) is 2. The lowest BCUT2D eigenvalue weighted by molar-refractivity contribution is -0.116. The quantitative estimate of drug-likeness (QED) is 0.478. The van der Waals surface area contributed by atoms with Gasteiger partial charge in [0.15, 0.2) is 0 Å². The number of hydrogen-bond acceptors (Lipinski definition) is 5. The summed E-state index contributed by atoms with van der Waals surface area (Å²) in [6.45, 7) is 3.59. The second kappa shape index (κ2) is 10.1. The summed E-state index contributed by atoms with van der Waals surface area (Å²) in [5.74, 6) is -1.28. The molecule has 0 heterocycles. The van der Waals surface area contributed by atoms with Gasteiger partial charge >= 0.3 is 5.97 Å². The van der Waals surface area contributed by atoms with Crippen molar-refractivity contribution in [2.45, 2.75) is 31.6 Å². The summed E-state index contributed by atoms with van der Waals surface area (Å²) in [6.07, 6.45) is 0.333. The first-order valence-electron chi connectivity index (χ1n) is 9.06. The van der Waals surface area contributed by atoms with E-state index < -0.39 is 21.8 Å². The first-order chi connectivity index (χ1) is 13.7. The first-order valence-corrected chi connectivity index (χ1v) is 10.5. The smallest absolute Gasteiger partial charge is 0.338 e. The zero-order valence-corrected chi connectivity index (χ0v) is 17.0. The normalized spacial score (nSPS) is 11.1. The zero-order valence-electron chi connectivity index (χ0n) is 16.2. The lowest BCUT2D eigenvalue weighted by Crippen LogP contribution is -2.25. The molecule has 0 unspecified atom stereocenters. The SMILES string of the molecule is CCOC(=O)c1ccc(S(=O)(=O)NCCCC(=O)Nc2ccc(C)c(F)c2)cc1. The van der Waals surface area contributed by atoms with Gasteiger partial charge in [-0.2, -0.15) is 0 Å². The van der Waals surface area contributed by atoms with Crippen LogP contribution in [0.1, 0.15) is 35.7 Å². The fourth-order valence-corrected chi connectivity index (χ4v) is 3.49. The molecule has 0 saturated heterocycles. The maximum Gasteiger partial charge on any atom is 0.338 e. The molecular weight excluding hydrogens is 399 g/mol. The minimum Gasteiger partial charge on any atom is -0.462 e. The Morgan fingerprint density at radius 1 is 1.10 bits per heavy atom. The summed E-state index contributed by atoms with van der Waals surface area (Å²) in [7, 11) is -3.77. The molecule has 0 aliphatic heterocycles. The molecule has 0 aromatic heterocycles. The second-order valence-electron chi connectivity index (χ2n) is 6.26. The van der Waals surface area contributed by atoms with E-state index in [1.54, 1.807) is 26.0 Å². The van der Waals surface area contributed by atoms with Gasteiger partial charge in [-0.15, -0.1) is 0 Å². The van der Waals surface area contributed by atoms with Crippen molar-refractivity contribution in [3.05, 3.63) is 59.4 Å². The standard InChI is InChI=1S/C20H23FN2O5S/c1-3-28-20(25)15-7-10-17(11-8-15)29(26,27)22-12-4-5-19(24)23-16-9-6-14(2)18(21)13-16/h6-11,13,22H,3-5,12H2,1-2H3,(H,23,24). The molecule has 0 aliphatic carbocycles. The van der Waals surface area contributed by atoms with Gasteiger partial charge in [-0.1, -0.05) is 6.07 Å². The van der Waals surface area contributed by atoms with Crippen LogP contribution in [0.2, 0.25) is 0 Å². The van der Waals surface area contributed by atoms with Gasteiger partial charge in [0.25, 0.3) is 0 Å². The average molecular weight is 422 g/mol. The van der Waals surface area contributed by atoms with Gasteiger partial charge in [-0.05, 0) is 62.2 Å². The topological polar surface area (TPSA) is 102 Å². The summed E-state index contributed by atoms with van der Waals surface area (Å²) < 4.78 is 45.3. The van der Waals surface area contributed by atoms with Crippen LogP contribution in [-0.4, -0.2) is 33.4 Å². The van der Waals surface area contributed by atoms with Gasteiger partial charge in [0.05, 0.1) is 17.1 Å². The number of carbonyl (C=O) groups is 2. The lowest BCUT2D eigenvalue weighted by atomic mass is 10.2. The lowest BCUT2D eigenvalue weighted by Gasteiger charge is -2.09. The summed E-state index contributed by atoms with van der Waals surface area (Å²) >= 11 is 0. The highest BCUT2D eigenvalue weighted by molar-refractivity contribution is 7.89. The maximum absolute atomic E-state index is 13.5. The van der Waals surface area contributed by atoms with Crippen molar-refractivity contribution in [3.8, 4) is 0 Å². The summed E-state index contributed by atoms with van der Waals surface area (Å²) in [5, 5.41) is 2.57. The molecule has 0 aliphatic rings. The zero-order chi connectivity index (χ0) is 21.4. The number of ether oxygens (including phenoxy) is 1. The molecule has 29 heavy (non-hydrogen) atoms. The van der Waals surface area contributed by atoms with Crippen LogP contribution < -0.4 is 10.0 Å². The van der Waals surface area contributed by atoms with E-state index in [1.165, 1.54) is 30.3 Å². The van der Waals surface area contributed by atoms with Gasteiger partial charge < -0.3 is 10.1 Å². The van der Waals surface area contributed by atoms with Crippen molar-refractivity contribution in [1.82, 2.24) is 4.72 Å². The Morgan fingerprint density at radius 2 is 1.79 bits per heavy atom. The van der Waals surface area contributed by atoms with Crippen molar-refractivity contribution < 1.29 is 27.1 Å². The molecular formula is C20H23FN2O5S. The molecule has 0 spiro atoms. The van der Waals surface area contributed by atoms with Crippen molar-refractivity contribution in [2.24, 2.45) is 0 Å². The van der Waals surface area contributed by atoms with Gasteiger partial charge in [0, 0.05) is 18.7 Å². The Balaban J connectivity index is 1.82. The van der Waals surface area contributed by atoms with Crippen LogP contribution in [0.3, 0.4) is 0 Å². The van der Waals surface area contributed by atoms with Crippen molar-refractivity contribution >= 4 is 27.6 Å². The van der Waals surface area contributed by atoms with E-state index in [2.05, 4.69) is 10.0 Å². The molecule has 0 bridgehead atoms. The monoisotopic (exact) mass is 422 g/mol. The Labute approximate surface area is 169 Å². The highest BCUT2D eigenvalue weighted by Gasteiger charge is 2.15. The first kappa shape index (κ1) is 22.5. The largest absolute Gasteiger partial charge is 0.462 e. The van der Waals surface area contributed by atoms with Crippen molar-refractivity contribution in [1.29, 1.82) is 0 Å². The van der Waals surface area contributed by atoms with Crippen LogP contribution in [0.5, 0.6) is 0 Å². The average Bonchev–Trinajstić information content (AvgIpc) is 2.68. The fourth-order valence-electron chi connectivity index (χ4n) is 2.42. The third-order valence-electron chi connectivity index (χ3n) is 4.00. The van der Waals surface area contributed by atoms with Crippen LogP contribution >= 0.6 is 0 Å². The number of carbonyl (C=O) groups excluding carboxylic acids is 2. The predicted molar refractivity (Wildman–Crippen MR) is 107 cm³/mol. The molecule has 2 N–H and O–H groups in total.